The summed E-state index contributed by atoms with van der Waals surface area (Å²) < 4.78 is 30.9. The van der Waals surface area contributed by atoms with E-state index >= 15 is 0 Å². The lowest BCUT2D eigenvalue weighted by Crippen LogP contribution is -2.60. The molecule has 2 fully saturated rings. The predicted molar refractivity (Wildman–Crippen MR) is 130 cm³/mol. The van der Waals surface area contributed by atoms with Crippen LogP contribution in [0.15, 0.2) is 42.7 Å². The van der Waals surface area contributed by atoms with E-state index in [1.807, 2.05) is 29.8 Å². The molecule has 2 aromatic heterocycles. The van der Waals surface area contributed by atoms with E-state index in [0.29, 0.717) is 11.6 Å². The fourth-order valence-electron chi connectivity index (χ4n) is 4.52. The minimum Gasteiger partial charge on any atom is -0.408 e. The molecule has 0 radical (unpaired) electrons. The lowest BCUT2D eigenvalue weighted by molar-refractivity contribution is -0.124. The van der Waals surface area contributed by atoms with Gasteiger partial charge in [-0.05, 0) is 49.7 Å². The highest BCUT2D eigenvalue weighted by atomic mass is 19.3. The highest BCUT2D eigenvalue weighted by Gasteiger charge is 2.49. The van der Waals surface area contributed by atoms with E-state index < -0.39 is 24.8 Å². The number of alkyl halides is 2. The van der Waals surface area contributed by atoms with Crippen molar-refractivity contribution in [3.05, 3.63) is 54.1 Å². The fourth-order valence-corrected chi connectivity index (χ4v) is 4.52. The van der Waals surface area contributed by atoms with Gasteiger partial charge in [-0.25, -0.2) is 24.6 Å². The van der Waals surface area contributed by atoms with Gasteiger partial charge in [-0.15, -0.1) is 5.48 Å². The van der Waals surface area contributed by atoms with Crippen molar-refractivity contribution in [1.29, 1.82) is 0 Å². The van der Waals surface area contributed by atoms with Crippen LogP contribution in [-0.4, -0.2) is 43.5 Å². The Morgan fingerprint density at radius 2 is 2.06 bits per heavy atom. The molecule has 1 amide bonds. The Kier molecular flexibility index (Phi) is 7.33. The number of imidazole rings is 1. The van der Waals surface area contributed by atoms with Crippen LogP contribution >= 0.6 is 0 Å². The Morgan fingerprint density at radius 3 is 2.64 bits per heavy atom. The fraction of sp³-hybridized carbons (Fsp3) is 0.560. The lowest BCUT2D eigenvalue weighted by atomic mass is 9.68. The van der Waals surface area contributed by atoms with E-state index in [9.17, 15) is 13.6 Å². The number of aryl methyl sites for hydroxylation is 1. The van der Waals surface area contributed by atoms with Crippen molar-refractivity contribution in [2.75, 3.05) is 6.54 Å². The molecule has 2 aromatic rings. The number of amides is 1. The Balaban J connectivity index is 1.21. The summed E-state index contributed by atoms with van der Waals surface area (Å²) in [6.45, 7) is 5.83. The SMILES string of the molecule is Cc1nccn1-c1ccc(CNC(=O)CCC(F)(F)CN(N)/C=C2/ONC23CCC(C)(C)CC3)cn1. The molecule has 1 saturated carbocycles. The molecule has 3 heterocycles. The molecule has 4 N–H and O–H groups in total. The van der Waals surface area contributed by atoms with Crippen LogP contribution in [0.2, 0.25) is 0 Å². The summed E-state index contributed by atoms with van der Waals surface area (Å²) in [7, 11) is 0. The third-order valence-corrected chi connectivity index (χ3v) is 7.07. The second-order valence-electron chi connectivity index (χ2n) is 10.6. The highest BCUT2D eigenvalue weighted by Crippen LogP contribution is 2.47. The maximum atomic E-state index is 14.5. The molecule has 0 aromatic carbocycles. The van der Waals surface area contributed by atoms with Crippen molar-refractivity contribution in [3.63, 3.8) is 0 Å². The summed E-state index contributed by atoms with van der Waals surface area (Å²) in [4.78, 5) is 26.1. The van der Waals surface area contributed by atoms with Gasteiger partial charge in [0.15, 0.2) is 5.76 Å². The Bertz CT molecular complexity index is 1090. The molecule has 1 spiro atoms. The van der Waals surface area contributed by atoms with Crippen LogP contribution in [-0.2, 0) is 16.2 Å². The van der Waals surface area contributed by atoms with Gasteiger partial charge in [0, 0.05) is 38.0 Å². The summed E-state index contributed by atoms with van der Waals surface area (Å²) >= 11 is 0. The largest absolute Gasteiger partial charge is 0.408 e. The molecule has 2 aliphatic rings. The molecule has 4 rings (SSSR count). The van der Waals surface area contributed by atoms with Gasteiger partial charge in [0.25, 0.3) is 5.92 Å². The van der Waals surface area contributed by atoms with Crippen molar-refractivity contribution < 1.29 is 18.4 Å². The van der Waals surface area contributed by atoms with Gasteiger partial charge in [-0.2, -0.15) is 0 Å². The van der Waals surface area contributed by atoms with E-state index in [1.54, 1.807) is 12.4 Å². The predicted octanol–water partition coefficient (Wildman–Crippen LogP) is 3.50. The number of hydrogen-bond donors (Lipinski definition) is 3. The first kappa shape index (κ1) is 26.0. The van der Waals surface area contributed by atoms with Gasteiger partial charge >= 0.3 is 0 Å². The van der Waals surface area contributed by atoms with E-state index in [-0.39, 0.29) is 23.9 Å². The van der Waals surface area contributed by atoms with Crippen LogP contribution in [0.5, 0.6) is 0 Å². The minimum absolute atomic E-state index is 0.207. The monoisotopic (exact) mass is 503 g/mol. The average molecular weight is 504 g/mol. The zero-order valence-corrected chi connectivity index (χ0v) is 21.1. The summed E-state index contributed by atoms with van der Waals surface area (Å²) in [5, 5.41) is 3.63. The number of hydroxylamine groups is 1. The molecular formula is C25H35F2N7O2. The van der Waals surface area contributed by atoms with Crippen molar-refractivity contribution in [3.8, 4) is 5.82 Å². The van der Waals surface area contributed by atoms with Gasteiger partial charge < -0.3 is 15.2 Å². The van der Waals surface area contributed by atoms with Crippen molar-refractivity contribution in [1.82, 2.24) is 30.3 Å². The smallest absolute Gasteiger partial charge is 0.267 e. The number of aromatic nitrogens is 3. The summed E-state index contributed by atoms with van der Waals surface area (Å²) in [6.07, 6.45) is 9.44. The van der Waals surface area contributed by atoms with Crippen LogP contribution in [0.3, 0.4) is 0 Å². The molecule has 0 unspecified atom stereocenters. The first-order valence-corrected chi connectivity index (χ1v) is 12.2. The zero-order chi connectivity index (χ0) is 26.0. The summed E-state index contributed by atoms with van der Waals surface area (Å²) in [5.41, 5.74) is 3.72. The molecule has 36 heavy (non-hydrogen) atoms. The Labute approximate surface area is 210 Å². The number of hydrogen-bond acceptors (Lipinski definition) is 7. The maximum Gasteiger partial charge on any atom is 0.267 e. The molecule has 196 valence electrons. The van der Waals surface area contributed by atoms with E-state index in [0.717, 1.165) is 42.1 Å². The van der Waals surface area contributed by atoms with Gasteiger partial charge in [0.05, 0.1) is 12.7 Å². The van der Waals surface area contributed by atoms with Gasteiger partial charge in [-0.3, -0.25) is 9.36 Å². The maximum absolute atomic E-state index is 14.5. The number of carbonyl (C=O) groups excluding carboxylic acids is 1. The number of nitrogens with two attached hydrogens (primary N) is 1. The third kappa shape index (κ3) is 6.19. The normalized spacial score (nSPS) is 19.6. The number of rotatable bonds is 9. The number of pyridine rings is 1. The topological polar surface area (TPSA) is 110 Å². The van der Waals surface area contributed by atoms with Gasteiger partial charge in [0.1, 0.15) is 17.2 Å². The minimum atomic E-state index is -3.13. The van der Waals surface area contributed by atoms with Crippen LogP contribution in [0.25, 0.3) is 5.82 Å². The van der Waals surface area contributed by atoms with Gasteiger partial charge in [-0.1, -0.05) is 19.9 Å². The van der Waals surface area contributed by atoms with Gasteiger partial charge in [0.2, 0.25) is 5.91 Å². The average Bonchev–Trinajstić information content (AvgIpc) is 3.25. The summed E-state index contributed by atoms with van der Waals surface area (Å²) in [5.74, 6) is 4.40. The number of carbonyl (C=O) groups is 1. The van der Waals surface area contributed by atoms with Crippen LogP contribution < -0.4 is 16.6 Å². The van der Waals surface area contributed by atoms with Crippen molar-refractivity contribution in [2.45, 2.75) is 77.3 Å². The van der Waals surface area contributed by atoms with Crippen LogP contribution in [0.4, 0.5) is 8.78 Å². The van der Waals surface area contributed by atoms with E-state index in [2.05, 4.69) is 34.6 Å². The highest BCUT2D eigenvalue weighted by molar-refractivity contribution is 5.75. The van der Waals surface area contributed by atoms with Crippen molar-refractivity contribution in [2.24, 2.45) is 11.3 Å². The third-order valence-electron chi connectivity index (χ3n) is 7.07. The lowest BCUT2D eigenvalue weighted by Gasteiger charge is -2.50. The molecular weight excluding hydrogens is 468 g/mol. The molecule has 1 aliphatic heterocycles. The number of nitrogens with zero attached hydrogens (tertiary/aromatic N) is 4. The van der Waals surface area contributed by atoms with E-state index in [4.69, 9.17) is 10.7 Å². The van der Waals surface area contributed by atoms with Crippen LogP contribution in [0.1, 0.15) is 63.8 Å². The molecule has 0 bridgehead atoms. The number of nitrogens with one attached hydrogen (secondary N) is 2. The van der Waals surface area contributed by atoms with Crippen LogP contribution in [0, 0.1) is 12.3 Å². The Morgan fingerprint density at radius 1 is 1.31 bits per heavy atom. The molecule has 1 saturated heterocycles. The second-order valence-corrected chi connectivity index (χ2v) is 10.6. The number of halogens is 2. The second kappa shape index (κ2) is 10.1. The summed E-state index contributed by atoms with van der Waals surface area (Å²) in [6, 6.07) is 3.64. The quantitative estimate of drug-likeness (QED) is 0.355. The van der Waals surface area contributed by atoms with Crippen molar-refractivity contribution >= 4 is 5.91 Å². The standard InChI is InChI=1S/C25H35F2N7O2/c1-18-29-12-13-34(18)21-5-4-19(14-30-21)15-31-22(35)6-7-25(26,27)17-33(28)16-20-24(32-36-20)10-8-23(2,3)9-11-24/h4-5,12-14,16,32H,6-11,15,17,28H2,1-3H3,(H,31,35)/b20-16+. The number of hydrazine groups is 1. The van der Waals surface area contributed by atoms with E-state index in [1.165, 1.54) is 6.20 Å². The first-order chi connectivity index (χ1) is 17.0. The molecule has 9 nitrogen and oxygen atoms in total. The Hall–Kier alpha value is -3.05. The molecule has 11 heteroatoms. The zero-order valence-electron chi connectivity index (χ0n) is 21.1. The first-order valence-electron chi connectivity index (χ1n) is 12.2. The molecule has 1 aliphatic carbocycles. The molecule has 0 atom stereocenters.